The minimum Gasteiger partial charge on any atom is -0.469 e. The molecule has 0 N–H and O–H groups in total. The number of rotatable bonds is 3. The van der Waals surface area contributed by atoms with Crippen molar-refractivity contribution in [2.45, 2.75) is 46.5 Å². The van der Waals surface area contributed by atoms with Gasteiger partial charge in [-0.2, -0.15) is 0 Å². The highest BCUT2D eigenvalue weighted by Crippen LogP contribution is 2.26. The van der Waals surface area contributed by atoms with E-state index in [2.05, 4.69) is 27.7 Å². The zero-order valence-corrected chi connectivity index (χ0v) is 8.48. The van der Waals surface area contributed by atoms with Crippen LogP contribution in [0.3, 0.4) is 0 Å². The lowest BCUT2D eigenvalue weighted by Crippen LogP contribution is -1.92. The lowest BCUT2D eigenvalue weighted by Gasteiger charge is -2.07. The van der Waals surface area contributed by atoms with Gasteiger partial charge < -0.3 is 4.42 Å². The van der Waals surface area contributed by atoms with E-state index in [0.29, 0.717) is 5.92 Å². The van der Waals surface area contributed by atoms with Crippen LogP contribution in [-0.4, -0.2) is 0 Å². The summed E-state index contributed by atoms with van der Waals surface area (Å²) >= 11 is 0. The van der Waals surface area contributed by atoms with Crippen molar-refractivity contribution in [2.24, 2.45) is 0 Å². The molecule has 1 atom stereocenters. The van der Waals surface area contributed by atoms with Crippen LogP contribution >= 0.6 is 0 Å². The number of hydrogen-bond donors (Lipinski definition) is 0. The maximum absolute atomic E-state index is 5.51. The molecule has 0 bridgehead atoms. The van der Waals surface area contributed by atoms with E-state index >= 15 is 0 Å². The van der Waals surface area contributed by atoms with Crippen molar-refractivity contribution in [2.75, 3.05) is 0 Å². The van der Waals surface area contributed by atoms with Gasteiger partial charge in [-0.3, -0.25) is 0 Å². The summed E-state index contributed by atoms with van der Waals surface area (Å²) in [7, 11) is 0. The molecule has 1 heteroatoms. The van der Waals surface area contributed by atoms with Crippen LogP contribution in [0.1, 0.15) is 49.5 Å². The van der Waals surface area contributed by atoms with Crippen LogP contribution in [0.4, 0.5) is 0 Å². The van der Waals surface area contributed by atoms with E-state index < -0.39 is 0 Å². The van der Waals surface area contributed by atoms with Gasteiger partial charge in [0.2, 0.25) is 0 Å². The van der Waals surface area contributed by atoms with Gasteiger partial charge >= 0.3 is 0 Å². The van der Waals surface area contributed by atoms with Gasteiger partial charge in [0.05, 0.1) is 6.26 Å². The Balaban J connectivity index is 2.80. The molecule has 0 aliphatic heterocycles. The topological polar surface area (TPSA) is 13.1 Å². The molecule has 0 aliphatic carbocycles. The van der Waals surface area contributed by atoms with Crippen LogP contribution in [0, 0.1) is 13.8 Å². The second kappa shape index (κ2) is 3.79. The van der Waals surface area contributed by atoms with E-state index in [-0.39, 0.29) is 0 Å². The Morgan fingerprint density at radius 1 is 1.42 bits per heavy atom. The smallest absolute Gasteiger partial charge is 0.109 e. The summed E-state index contributed by atoms with van der Waals surface area (Å²) in [5, 5.41) is 0. The Kier molecular flexibility index (Phi) is 2.96. The molecule has 1 heterocycles. The molecule has 1 aromatic rings. The van der Waals surface area contributed by atoms with Crippen LogP contribution in [0.25, 0.3) is 0 Å². The Hall–Kier alpha value is -0.720. The molecule has 1 rings (SSSR count). The summed E-state index contributed by atoms with van der Waals surface area (Å²) in [5.41, 5.74) is 2.60. The van der Waals surface area contributed by atoms with E-state index in [1.165, 1.54) is 29.7 Å². The number of aryl methyl sites for hydroxylation is 1. The molecule has 12 heavy (non-hydrogen) atoms. The first kappa shape index (κ1) is 9.37. The highest BCUT2D eigenvalue weighted by Gasteiger charge is 2.12. The molecule has 1 aromatic heterocycles. The SMILES string of the molecule is CCCC(C)c1occ(C)c1C. The van der Waals surface area contributed by atoms with Gasteiger partial charge in [0.15, 0.2) is 0 Å². The molecule has 0 fully saturated rings. The van der Waals surface area contributed by atoms with Gasteiger partial charge in [0, 0.05) is 5.92 Å². The van der Waals surface area contributed by atoms with Crippen LogP contribution in [0.2, 0.25) is 0 Å². The van der Waals surface area contributed by atoms with Crippen molar-refractivity contribution in [3.63, 3.8) is 0 Å². The van der Waals surface area contributed by atoms with Crippen molar-refractivity contribution < 1.29 is 4.42 Å². The van der Waals surface area contributed by atoms with Gasteiger partial charge in [-0.15, -0.1) is 0 Å². The third-order valence-corrected chi connectivity index (χ3v) is 2.49. The van der Waals surface area contributed by atoms with Crippen molar-refractivity contribution in [1.29, 1.82) is 0 Å². The van der Waals surface area contributed by atoms with Crippen molar-refractivity contribution in [3.8, 4) is 0 Å². The average Bonchev–Trinajstić information content (AvgIpc) is 2.34. The summed E-state index contributed by atoms with van der Waals surface area (Å²) in [6.07, 6.45) is 4.30. The minimum atomic E-state index is 0.573. The van der Waals surface area contributed by atoms with E-state index in [0.717, 1.165) is 0 Å². The first-order valence-electron chi connectivity index (χ1n) is 4.71. The molecule has 0 amide bonds. The van der Waals surface area contributed by atoms with Gasteiger partial charge in [-0.1, -0.05) is 20.3 Å². The second-order valence-electron chi connectivity index (χ2n) is 3.60. The fourth-order valence-corrected chi connectivity index (χ4v) is 1.57. The predicted molar refractivity (Wildman–Crippen MR) is 51.5 cm³/mol. The molecule has 0 aromatic carbocycles. The van der Waals surface area contributed by atoms with Crippen LogP contribution in [0.15, 0.2) is 10.7 Å². The molecule has 0 saturated heterocycles. The lowest BCUT2D eigenvalue weighted by atomic mass is 9.99. The Labute approximate surface area is 74.8 Å². The molecule has 1 nitrogen and oxygen atoms in total. The van der Waals surface area contributed by atoms with Gasteiger partial charge in [-0.05, 0) is 31.4 Å². The zero-order chi connectivity index (χ0) is 9.14. The van der Waals surface area contributed by atoms with Gasteiger partial charge in [0.1, 0.15) is 5.76 Å². The minimum absolute atomic E-state index is 0.573. The molecular formula is C11H18O. The van der Waals surface area contributed by atoms with E-state index in [1.807, 2.05) is 6.26 Å². The third-order valence-electron chi connectivity index (χ3n) is 2.49. The number of hydrogen-bond acceptors (Lipinski definition) is 1. The van der Waals surface area contributed by atoms with Crippen molar-refractivity contribution in [3.05, 3.63) is 23.2 Å². The summed E-state index contributed by atoms with van der Waals surface area (Å²) in [6, 6.07) is 0. The first-order valence-corrected chi connectivity index (χ1v) is 4.71. The maximum atomic E-state index is 5.51. The second-order valence-corrected chi connectivity index (χ2v) is 3.60. The Morgan fingerprint density at radius 2 is 2.08 bits per heavy atom. The largest absolute Gasteiger partial charge is 0.469 e. The predicted octanol–water partition coefficient (Wildman–Crippen LogP) is 3.80. The quantitative estimate of drug-likeness (QED) is 0.665. The molecule has 0 saturated carbocycles. The molecule has 0 aliphatic rings. The standard InChI is InChI=1S/C11H18O/c1-5-6-8(2)11-10(4)9(3)7-12-11/h7-8H,5-6H2,1-4H3. The fraction of sp³-hybridized carbons (Fsp3) is 0.636. The maximum Gasteiger partial charge on any atom is 0.109 e. The molecule has 1 unspecified atom stereocenters. The van der Waals surface area contributed by atoms with Crippen LogP contribution < -0.4 is 0 Å². The lowest BCUT2D eigenvalue weighted by molar-refractivity contribution is 0.456. The highest BCUT2D eigenvalue weighted by molar-refractivity contribution is 5.27. The van der Waals surface area contributed by atoms with Gasteiger partial charge in [0.25, 0.3) is 0 Å². The monoisotopic (exact) mass is 166 g/mol. The summed E-state index contributed by atoms with van der Waals surface area (Å²) in [5.74, 6) is 1.75. The van der Waals surface area contributed by atoms with Crippen LogP contribution in [-0.2, 0) is 0 Å². The van der Waals surface area contributed by atoms with E-state index in [1.54, 1.807) is 0 Å². The number of furan rings is 1. The average molecular weight is 166 g/mol. The zero-order valence-electron chi connectivity index (χ0n) is 8.48. The Bertz CT molecular complexity index is 248. The van der Waals surface area contributed by atoms with E-state index in [4.69, 9.17) is 4.42 Å². The first-order chi connectivity index (χ1) is 5.66. The molecule has 0 radical (unpaired) electrons. The summed E-state index contributed by atoms with van der Waals surface area (Å²) in [4.78, 5) is 0. The van der Waals surface area contributed by atoms with Crippen molar-refractivity contribution in [1.82, 2.24) is 0 Å². The van der Waals surface area contributed by atoms with Crippen LogP contribution in [0.5, 0.6) is 0 Å². The third kappa shape index (κ3) is 1.71. The molecule has 68 valence electrons. The molecular weight excluding hydrogens is 148 g/mol. The van der Waals surface area contributed by atoms with Gasteiger partial charge in [-0.25, -0.2) is 0 Å². The summed E-state index contributed by atoms with van der Waals surface area (Å²) in [6.45, 7) is 8.68. The van der Waals surface area contributed by atoms with Crippen molar-refractivity contribution >= 4 is 0 Å². The molecule has 0 spiro atoms. The normalized spacial score (nSPS) is 13.3. The van der Waals surface area contributed by atoms with E-state index in [9.17, 15) is 0 Å². The highest BCUT2D eigenvalue weighted by atomic mass is 16.3. The Morgan fingerprint density at radius 3 is 2.50 bits per heavy atom. The summed E-state index contributed by atoms with van der Waals surface area (Å²) < 4.78 is 5.51. The fourth-order valence-electron chi connectivity index (χ4n) is 1.57.